The normalized spacial score (nSPS) is 10.7. The number of benzene rings is 1. The summed E-state index contributed by atoms with van der Waals surface area (Å²) in [6.07, 6.45) is 3.08. The molecule has 0 aliphatic heterocycles. The molecule has 1 heterocycles. The Morgan fingerprint density at radius 2 is 2.30 bits per heavy atom. The molecule has 2 rings (SSSR count). The van der Waals surface area contributed by atoms with E-state index in [2.05, 4.69) is 45.1 Å². The molecule has 0 unspecified atom stereocenters. The van der Waals surface area contributed by atoms with E-state index >= 15 is 0 Å². The second-order valence-corrected chi connectivity index (χ2v) is 5.70. The minimum Gasteiger partial charge on any atom is -0.492 e. The van der Waals surface area contributed by atoms with E-state index in [1.54, 1.807) is 0 Å². The van der Waals surface area contributed by atoms with Gasteiger partial charge in [-0.25, -0.2) is 4.68 Å². The number of hydrogen-bond acceptors (Lipinski definition) is 4. The third-order valence-electron chi connectivity index (χ3n) is 2.70. The Balaban J connectivity index is 1.74. The van der Waals surface area contributed by atoms with E-state index in [0.29, 0.717) is 13.2 Å². The maximum absolute atomic E-state index is 5.69. The molecule has 0 bridgehead atoms. The van der Waals surface area contributed by atoms with Crippen LogP contribution in [0.3, 0.4) is 0 Å². The topological polar surface area (TPSA) is 52.0 Å². The lowest BCUT2D eigenvalue weighted by atomic mass is 10.3. The highest BCUT2D eigenvalue weighted by atomic mass is 127. The fourth-order valence-corrected chi connectivity index (χ4v) is 2.25. The van der Waals surface area contributed by atoms with E-state index in [-0.39, 0.29) is 0 Å². The van der Waals surface area contributed by atoms with Crippen LogP contribution in [0.15, 0.2) is 30.5 Å². The molecule has 108 valence electrons. The Hall–Kier alpha value is -1.15. The van der Waals surface area contributed by atoms with Gasteiger partial charge in [-0.15, -0.1) is 5.10 Å². The van der Waals surface area contributed by atoms with Crippen molar-refractivity contribution in [1.29, 1.82) is 0 Å². The van der Waals surface area contributed by atoms with E-state index in [1.807, 2.05) is 35.1 Å². The lowest BCUT2D eigenvalue weighted by Gasteiger charge is -2.05. The van der Waals surface area contributed by atoms with Crippen LogP contribution in [0.2, 0.25) is 0 Å². The van der Waals surface area contributed by atoms with Crippen LogP contribution in [0, 0.1) is 3.57 Å². The van der Waals surface area contributed by atoms with Gasteiger partial charge in [0.15, 0.2) is 0 Å². The molecule has 0 spiro atoms. The zero-order valence-corrected chi connectivity index (χ0v) is 13.7. The third-order valence-corrected chi connectivity index (χ3v) is 3.38. The molecule has 1 aromatic heterocycles. The molecular weight excluding hydrogens is 367 g/mol. The first-order valence-electron chi connectivity index (χ1n) is 6.76. The van der Waals surface area contributed by atoms with Crippen molar-refractivity contribution in [2.75, 3.05) is 13.2 Å². The number of ether oxygens (including phenoxy) is 1. The second-order valence-electron chi connectivity index (χ2n) is 4.46. The van der Waals surface area contributed by atoms with Gasteiger partial charge in [0.2, 0.25) is 0 Å². The maximum atomic E-state index is 5.69. The van der Waals surface area contributed by atoms with Gasteiger partial charge in [-0.1, -0.05) is 18.2 Å². The van der Waals surface area contributed by atoms with Crippen LogP contribution in [0.1, 0.15) is 19.0 Å². The molecule has 0 fully saturated rings. The van der Waals surface area contributed by atoms with Gasteiger partial charge in [0.25, 0.3) is 0 Å². The summed E-state index contributed by atoms with van der Waals surface area (Å²) >= 11 is 2.27. The monoisotopic (exact) mass is 386 g/mol. The molecule has 0 atom stereocenters. The summed E-state index contributed by atoms with van der Waals surface area (Å²) in [4.78, 5) is 0. The molecule has 0 radical (unpaired) electrons. The highest BCUT2D eigenvalue weighted by Gasteiger charge is 2.01. The van der Waals surface area contributed by atoms with Crippen LogP contribution in [0.25, 0.3) is 0 Å². The predicted molar refractivity (Wildman–Crippen MR) is 86.7 cm³/mol. The number of aromatic nitrogens is 3. The molecule has 1 aromatic carbocycles. The zero-order chi connectivity index (χ0) is 14.2. The van der Waals surface area contributed by atoms with E-state index < -0.39 is 0 Å². The van der Waals surface area contributed by atoms with E-state index in [4.69, 9.17) is 4.74 Å². The van der Waals surface area contributed by atoms with E-state index in [1.165, 1.54) is 3.57 Å². The molecule has 6 heteroatoms. The van der Waals surface area contributed by atoms with Gasteiger partial charge in [0.1, 0.15) is 12.4 Å². The van der Waals surface area contributed by atoms with Gasteiger partial charge < -0.3 is 10.1 Å². The van der Waals surface area contributed by atoms with Gasteiger partial charge in [0, 0.05) is 16.3 Å². The van der Waals surface area contributed by atoms with Gasteiger partial charge in [-0.2, -0.15) is 0 Å². The average molecular weight is 386 g/mol. The second kappa shape index (κ2) is 8.21. The molecule has 1 N–H and O–H groups in total. The van der Waals surface area contributed by atoms with Crippen LogP contribution in [-0.2, 0) is 13.1 Å². The minimum atomic E-state index is 0.589. The maximum Gasteiger partial charge on any atom is 0.120 e. The van der Waals surface area contributed by atoms with Gasteiger partial charge in [0.05, 0.1) is 12.2 Å². The average Bonchev–Trinajstić information content (AvgIpc) is 2.87. The summed E-state index contributed by atoms with van der Waals surface area (Å²) in [6, 6.07) is 8.01. The van der Waals surface area contributed by atoms with E-state index in [0.717, 1.165) is 31.0 Å². The number of nitrogens with one attached hydrogen (secondary N) is 1. The van der Waals surface area contributed by atoms with Crippen LogP contribution in [0.5, 0.6) is 5.75 Å². The summed E-state index contributed by atoms with van der Waals surface area (Å²) in [5, 5.41) is 11.5. The highest BCUT2D eigenvalue weighted by molar-refractivity contribution is 14.1. The Morgan fingerprint density at radius 1 is 1.40 bits per heavy atom. The Labute approximate surface area is 132 Å². The quantitative estimate of drug-likeness (QED) is 0.560. The van der Waals surface area contributed by atoms with Crippen molar-refractivity contribution < 1.29 is 4.74 Å². The molecule has 0 aliphatic carbocycles. The number of halogens is 1. The van der Waals surface area contributed by atoms with Gasteiger partial charge in [-0.3, -0.25) is 0 Å². The molecule has 0 amide bonds. The summed E-state index contributed by atoms with van der Waals surface area (Å²) in [5.74, 6) is 0.891. The third kappa shape index (κ3) is 5.09. The fourth-order valence-electron chi connectivity index (χ4n) is 1.74. The van der Waals surface area contributed by atoms with Crippen LogP contribution < -0.4 is 10.1 Å². The summed E-state index contributed by atoms with van der Waals surface area (Å²) in [5.41, 5.74) is 0.965. The molecule has 0 aliphatic rings. The number of nitrogens with zero attached hydrogens (tertiary/aromatic N) is 3. The number of rotatable bonds is 8. The molecule has 2 aromatic rings. The van der Waals surface area contributed by atoms with Crippen molar-refractivity contribution in [2.24, 2.45) is 0 Å². The SMILES string of the molecule is CCCNCc1cn(CCOc2cccc(I)c2)nn1. The van der Waals surface area contributed by atoms with Crippen molar-refractivity contribution in [3.63, 3.8) is 0 Å². The van der Waals surface area contributed by atoms with Gasteiger partial charge >= 0.3 is 0 Å². The van der Waals surface area contributed by atoms with Crippen molar-refractivity contribution in [2.45, 2.75) is 26.4 Å². The van der Waals surface area contributed by atoms with Crippen molar-refractivity contribution >= 4 is 22.6 Å². The smallest absolute Gasteiger partial charge is 0.120 e. The lowest BCUT2D eigenvalue weighted by Crippen LogP contribution is -2.14. The standard InChI is InChI=1S/C14H19IN4O/c1-2-6-16-10-13-11-19(18-17-13)7-8-20-14-5-3-4-12(15)9-14/h3-5,9,11,16H,2,6-8,10H2,1H3. The molecule has 0 saturated carbocycles. The molecule has 5 nitrogen and oxygen atoms in total. The Morgan fingerprint density at radius 3 is 3.10 bits per heavy atom. The summed E-state index contributed by atoms with van der Waals surface area (Å²) in [6.45, 7) is 5.21. The fraction of sp³-hybridized carbons (Fsp3) is 0.429. The van der Waals surface area contributed by atoms with Crippen LogP contribution in [-0.4, -0.2) is 28.1 Å². The zero-order valence-electron chi connectivity index (χ0n) is 11.6. The summed E-state index contributed by atoms with van der Waals surface area (Å²) in [7, 11) is 0. The van der Waals surface area contributed by atoms with Crippen molar-refractivity contribution in [3.8, 4) is 5.75 Å². The lowest BCUT2D eigenvalue weighted by molar-refractivity contribution is 0.289. The first kappa shape index (κ1) is 15.2. The van der Waals surface area contributed by atoms with Crippen LogP contribution in [0.4, 0.5) is 0 Å². The van der Waals surface area contributed by atoms with Crippen LogP contribution >= 0.6 is 22.6 Å². The highest BCUT2D eigenvalue weighted by Crippen LogP contribution is 2.14. The van der Waals surface area contributed by atoms with Crippen molar-refractivity contribution in [3.05, 3.63) is 39.7 Å². The molecule has 20 heavy (non-hydrogen) atoms. The number of hydrogen-bond donors (Lipinski definition) is 1. The van der Waals surface area contributed by atoms with Crippen molar-refractivity contribution in [1.82, 2.24) is 20.3 Å². The molecule has 0 saturated heterocycles. The Kier molecular flexibility index (Phi) is 6.25. The minimum absolute atomic E-state index is 0.589. The first-order valence-corrected chi connectivity index (χ1v) is 7.84. The largest absolute Gasteiger partial charge is 0.492 e. The van der Waals surface area contributed by atoms with Gasteiger partial charge in [-0.05, 0) is 53.8 Å². The summed E-state index contributed by atoms with van der Waals surface area (Å²) < 4.78 is 8.68. The molecular formula is C14H19IN4O. The Bertz CT molecular complexity index is 529. The van der Waals surface area contributed by atoms with E-state index in [9.17, 15) is 0 Å². The first-order chi connectivity index (χ1) is 9.78. The predicted octanol–water partition coefficient (Wildman–Crippen LogP) is 2.46.